The van der Waals surface area contributed by atoms with E-state index in [2.05, 4.69) is 52.8 Å². The fraction of sp³-hybridized carbons (Fsp3) is 0.357. The van der Waals surface area contributed by atoms with Crippen molar-refractivity contribution in [1.29, 1.82) is 5.26 Å². The minimum absolute atomic E-state index is 0.139. The molecular weight excluding hydrogens is 288 g/mol. The van der Waals surface area contributed by atoms with Crippen LogP contribution < -0.4 is 5.32 Å². The number of anilines is 1. The predicted octanol–water partition coefficient (Wildman–Crippen LogP) is 3.51. The van der Waals surface area contributed by atoms with Crippen LogP contribution >= 0.6 is 23.1 Å². The van der Waals surface area contributed by atoms with E-state index in [-0.39, 0.29) is 5.25 Å². The molecule has 6 heteroatoms. The van der Waals surface area contributed by atoms with Gasteiger partial charge in [-0.05, 0) is 25.8 Å². The van der Waals surface area contributed by atoms with Crippen molar-refractivity contribution in [2.24, 2.45) is 0 Å². The van der Waals surface area contributed by atoms with Crippen molar-refractivity contribution in [3.63, 3.8) is 0 Å². The Balaban J connectivity index is 1.98. The van der Waals surface area contributed by atoms with Crippen molar-refractivity contribution in [2.75, 3.05) is 11.9 Å². The number of aromatic nitrogens is 2. The van der Waals surface area contributed by atoms with Crippen LogP contribution in [0, 0.1) is 18.3 Å². The van der Waals surface area contributed by atoms with E-state index in [4.69, 9.17) is 0 Å². The minimum atomic E-state index is -0.139. The third-order valence-corrected chi connectivity index (χ3v) is 4.72. The normalized spacial score (nSPS) is 11.8. The highest BCUT2D eigenvalue weighted by atomic mass is 32.2. The first-order valence-corrected chi connectivity index (χ1v) is 8.10. The lowest BCUT2D eigenvalue weighted by molar-refractivity contribution is 0.984. The Morgan fingerprint density at radius 2 is 2.10 bits per heavy atom. The maximum Gasteiger partial charge on any atom is 0.206 e. The molecule has 104 valence electrons. The summed E-state index contributed by atoms with van der Waals surface area (Å²) in [5.41, 5.74) is 2.40. The monoisotopic (exact) mass is 304 g/mol. The van der Waals surface area contributed by atoms with Gasteiger partial charge in [0.2, 0.25) is 5.13 Å². The van der Waals surface area contributed by atoms with Crippen LogP contribution in [0.5, 0.6) is 0 Å². The lowest BCUT2D eigenvalue weighted by Gasteiger charge is -2.06. The summed E-state index contributed by atoms with van der Waals surface area (Å²) in [6.45, 7) is 4.90. The molecule has 0 amide bonds. The first kappa shape index (κ1) is 14.8. The molecule has 0 aliphatic rings. The molecule has 1 atom stereocenters. The molecule has 0 saturated heterocycles. The Morgan fingerprint density at radius 1 is 1.35 bits per heavy atom. The Hall–Kier alpha value is -1.58. The van der Waals surface area contributed by atoms with Gasteiger partial charge in [-0.15, -0.1) is 10.2 Å². The molecule has 1 heterocycles. The zero-order valence-corrected chi connectivity index (χ0v) is 13.1. The highest BCUT2D eigenvalue weighted by Gasteiger charge is 2.14. The van der Waals surface area contributed by atoms with Gasteiger partial charge < -0.3 is 5.32 Å². The number of nitriles is 1. The van der Waals surface area contributed by atoms with Gasteiger partial charge in [0.1, 0.15) is 5.25 Å². The zero-order chi connectivity index (χ0) is 14.4. The minimum Gasteiger partial charge on any atom is -0.360 e. The molecule has 0 spiro atoms. The summed E-state index contributed by atoms with van der Waals surface area (Å²) in [5, 5.41) is 21.2. The molecule has 2 rings (SSSR count). The number of nitrogens with zero attached hydrogens (tertiary/aromatic N) is 3. The highest BCUT2D eigenvalue weighted by molar-refractivity contribution is 8.01. The van der Waals surface area contributed by atoms with Gasteiger partial charge in [-0.2, -0.15) is 5.26 Å². The maximum absolute atomic E-state index is 9.28. The summed E-state index contributed by atoms with van der Waals surface area (Å²) in [4.78, 5) is 0. The van der Waals surface area contributed by atoms with Crippen LogP contribution in [0.4, 0.5) is 5.13 Å². The lowest BCUT2D eigenvalue weighted by Crippen LogP contribution is -2.03. The van der Waals surface area contributed by atoms with Gasteiger partial charge >= 0.3 is 0 Å². The van der Waals surface area contributed by atoms with E-state index in [1.807, 2.05) is 6.92 Å². The number of thioether (sulfide) groups is 1. The molecule has 0 aliphatic heterocycles. The van der Waals surface area contributed by atoms with Crippen LogP contribution in [0.1, 0.15) is 18.1 Å². The first-order chi connectivity index (χ1) is 9.71. The Labute approximate surface area is 127 Å². The van der Waals surface area contributed by atoms with E-state index in [9.17, 15) is 5.26 Å². The standard InChI is InChI=1S/C14H16N4S2/c1-3-16-13-17-18-14(20-13)19-12(9-15)8-11-6-4-10(2)5-7-11/h4-7,12H,3,8H2,1-2H3,(H,16,17)/t12-/m0/s1. The molecule has 0 saturated carbocycles. The van der Waals surface area contributed by atoms with Gasteiger partial charge in [-0.25, -0.2) is 0 Å². The third kappa shape index (κ3) is 4.22. The number of aryl methyl sites for hydroxylation is 1. The van der Waals surface area contributed by atoms with Crippen molar-refractivity contribution >= 4 is 28.2 Å². The molecule has 1 aromatic heterocycles. The zero-order valence-electron chi connectivity index (χ0n) is 11.5. The van der Waals surface area contributed by atoms with Gasteiger partial charge in [-0.3, -0.25) is 0 Å². The summed E-state index contributed by atoms with van der Waals surface area (Å²) >= 11 is 2.97. The summed E-state index contributed by atoms with van der Waals surface area (Å²) in [7, 11) is 0. The van der Waals surface area contributed by atoms with Gasteiger partial charge in [0.05, 0.1) is 6.07 Å². The van der Waals surface area contributed by atoms with Crippen LogP contribution in [0.3, 0.4) is 0 Å². The Kier molecular flexibility index (Phi) is 5.39. The first-order valence-electron chi connectivity index (χ1n) is 6.40. The van der Waals surface area contributed by atoms with E-state index in [1.54, 1.807) is 0 Å². The number of rotatable bonds is 6. The van der Waals surface area contributed by atoms with E-state index >= 15 is 0 Å². The van der Waals surface area contributed by atoms with Gasteiger partial charge in [-0.1, -0.05) is 52.9 Å². The molecule has 0 radical (unpaired) electrons. The Bertz CT molecular complexity index is 586. The third-order valence-electron chi connectivity index (χ3n) is 2.66. The van der Waals surface area contributed by atoms with E-state index in [0.29, 0.717) is 0 Å². The fourth-order valence-electron chi connectivity index (χ4n) is 1.65. The van der Waals surface area contributed by atoms with Crippen LogP contribution in [0.25, 0.3) is 0 Å². The van der Waals surface area contributed by atoms with Gasteiger partial charge in [0.15, 0.2) is 4.34 Å². The molecule has 0 bridgehead atoms. The summed E-state index contributed by atoms with van der Waals surface area (Å²) in [6, 6.07) is 10.6. The maximum atomic E-state index is 9.28. The summed E-state index contributed by atoms with van der Waals surface area (Å²) < 4.78 is 0.833. The van der Waals surface area contributed by atoms with Crippen LogP contribution in [0.2, 0.25) is 0 Å². The van der Waals surface area contributed by atoms with Crippen molar-refractivity contribution < 1.29 is 0 Å². The molecule has 2 aromatic rings. The van der Waals surface area contributed by atoms with Gasteiger partial charge in [0, 0.05) is 6.54 Å². The number of benzene rings is 1. The van der Waals surface area contributed by atoms with Crippen LogP contribution in [-0.2, 0) is 6.42 Å². The smallest absolute Gasteiger partial charge is 0.206 e. The topological polar surface area (TPSA) is 61.6 Å². The molecule has 1 aromatic carbocycles. The molecular formula is C14H16N4S2. The lowest BCUT2D eigenvalue weighted by atomic mass is 10.1. The number of hydrogen-bond donors (Lipinski definition) is 1. The quantitative estimate of drug-likeness (QED) is 0.828. The highest BCUT2D eigenvalue weighted by Crippen LogP contribution is 2.30. The average Bonchev–Trinajstić information content (AvgIpc) is 2.88. The summed E-state index contributed by atoms with van der Waals surface area (Å²) in [5.74, 6) is 0. The van der Waals surface area contributed by atoms with Crippen LogP contribution in [0.15, 0.2) is 28.6 Å². The molecule has 0 fully saturated rings. The average molecular weight is 304 g/mol. The fourth-order valence-corrected chi connectivity index (χ4v) is 3.64. The molecule has 0 aliphatic carbocycles. The van der Waals surface area contributed by atoms with Crippen LogP contribution in [-0.4, -0.2) is 22.0 Å². The predicted molar refractivity (Wildman–Crippen MR) is 84.2 cm³/mol. The molecule has 4 nitrogen and oxygen atoms in total. The molecule has 1 N–H and O–H groups in total. The second kappa shape index (κ2) is 7.27. The SMILES string of the molecule is CCNc1nnc(S[C@H](C#N)Cc2ccc(C)cc2)s1. The van der Waals surface area contributed by atoms with E-state index < -0.39 is 0 Å². The Morgan fingerprint density at radius 3 is 2.75 bits per heavy atom. The summed E-state index contributed by atoms with van der Waals surface area (Å²) in [6.07, 6.45) is 0.720. The van der Waals surface area contributed by atoms with Crippen molar-refractivity contribution in [3.8, 4) is 6.07 Å². The largest absolute Gasteiger partial charge is 0.360 e. The van der Waals surface area contributed by atoms with E-state index in [1.165, 1.54) is 34.2 Å². The second-order valence-corrected chi connectivity index (χ2v) is 6.76. The second-order valence-electron chi connectivity index (χ2n) is 4.33. The van der Waals surface area contributed by atoms with E-state index in [0.717, 1.165) is 22.4 Å². The molecule has 0 unspecified atom stereocenters. The van der Waals surface area contributed by atoms with Crippen molar-refractivity contribution in [2.45, 2.75) is 29.9 Å². The number of nitrogens with one attached hydrogen (secondary N) is 1. The van der Waals surface area contributed by atoms with Gasteiger partial charge in [0.25, 0.3) is 0 Å². The van der Waals surface area contributed by atoms with Crippen molar-refractivity contribution in [3.05, 3.63) is 35.4 Å². The molecule has 20 heavy (non-hydrogen) atoms. The van der Waals surface area contributed by atoms with Crippen molar-refractivity contribution in [1.82, 2.24) is 10.2 Å². The number of hydrogen-bond acceptors (Lipinski definition) is 6.